The smallest absolute Gasteiger partial charge is 0.407 e. The van der Waals surface area contributed by atoms with Gasteiger partial charge in [-0.15, -0.1) is 0 Å². The molecule has 33 heavy (non-hydrogen) atoms. The fourth-order valence-corrected chi connectivity index (χ4v) is 4.27. The largest absolute Gasteiger partial charge is 0.465 e. The SMILES string of the molecule is CC(=O)Nc1ccc(-c2cc(Cl)c3ccc(C(=O)N4CCN(C(=O)O)[C@H](C)C4)cc3n2)cc1. The first kappa shape index (κ1) is 22.5. The summed E-state index contributed by atoms with van der Waals surface area (Å²) in [5, 5.41) is 13.2. The number of amides is 3. The van der Waals surface area contributed by atoms with Gasteiger partial charge in [0.15, 0.2) is 0 Å². The van der Waals surface area contributed by atoms with Crippen molar-refractivity contribution < 1.29 is 19.5 Å². The van der Waals surface area contributed by atoms with E-state index >= 15 is 0 Å². The summed E-state index contributed by atoms with van der Waals surface area (Å²) in [7, 11) is 0. The van der Waals surface area contributed by atoms with Crippen LogP contribution in [-0.4, -0.2) is 63.5 Å². The number of nitrogens with one attached hydrogen (secondary N) is 1. The number of fused-ring (bicyclic) bond motifs is 1. The van der Waals surface area contributed by atoms with E-state index in [0.717, 1.165) is 10.9 Å². The number of nitrogens with zero attached hydrogens (tertiary/aromatic N) is 3. The number of piperazine rings is 1. The number of hydrogen-bond acceptors (Lipinski definition) is 4. The maximum Gasteiger partial charge on any atom is 0.407 e. The zero-order valence-electron chi connectivity index (χ0n) is 18.2. The van der Waals surface area contributed by atoms with Gasteiger partial charge in [-0.05, 0) is 37.3 Å². The van der Waals surface area contributed by atoms with Crippen LogP contribution in [-0.2, 0) is 4.79 Å². The van der Waals surface area contributed by atoms with Crippen LogP contribution < -0.4 is 5.32 Å². The number of anilines is 1. The van der Waals surface area contributed by atoms with Crippen LogP contribution in [0.2, 0.25) is 5.02 Å². The number of pyridine rings is 1. The van der Waals surface area contributed by atoms with E-state index < -0.39 is 6.09 Å². The summed E-state index contributed by atoms with van der Waals surface area (Å²) in [6.07, 6.45) is -0.975. The molecule has 0 unspecified atom stereocenters. The summed E-state index contributed by atoms with van der Waals surface area (Å²) < 4.78 is 0. The van der Waals surface area contributed by atoms with Crippen molar-refractivity contribution in [1.82, 2.24) is 14.8 Å². The van der Waals surface area contributed by atoms with Crippen molar-refractivity contribution >= 4 is 46.1 Å². The lowest BCUT2D eigenvalue weighted by Gasteiger charge is -2.38. The average molecular weight is 467 g/mol. The molecule has 2 heterocycles. The van der Waals surface area contributed by atoms with Crippen molar-refractivity contribution in [3.63, 3.8) is 0 Å². The zero-order chi connectivity index (χ0) is 23.7. The Morgan fingerprint density at radius 1 is 1.09 bits per heavy atom. The fourth-order valence-electron chi connectivity index (χ4n) is 4.00. The van der Waals surface area contributed by atoms with Crippen LogP contribution in [0.4, 0.5) is 10.5 Å². The van der Waals surface area contributed by atoms with E-state index in [2.05, 4.69) is 5.32 Å². The summed E-state index contributed by atoms with van der Waals surface area (Å²) in [5.74, 6) is -0.317. The van der Waals surface area contributed by atoms with Gasteiger partial charge in [-0.2, -0.15) is 0 Å². The van der Waals surface area contributed by atoms with E-state index in [1.807, 2.05) is 12.1 Å². The van der Waals surface area contributed by atoms with Gasteiger partial charge in [0.2, 0.25) is 5.91 Å². The third kappa shape index (κ3) is 4.75. The van der Waals surface area contributed by atoms with Crippen LogP contribution in [0.15, 0.2) is 48.5 Å². The molecule has 1 atom stereocenters. The molecule has 170 valence electrons. The van der Waals surface area contributed by atoms with Crippen molar-refractivity contribution in [1.29, 1.82) is 0 Å². The van der Waals surface area contributed by atoms with Crippen LogP contribution in [0.5, 0.6) is 0 Å². The lowest BCUT2D eigenvalue weighted by atomic mass is 10.1. The number of rotatable bonds is 3. The molecule has 0 spiro atoms. The van der Waals surface area contributed by atoms with Crippen LogP contribution >= 0.6 is 11.6 Å². The predicted molar refractivity (Wildman–Crippen MR) is 127 cm³/mol. The highest BCUT2D eigenvalue weighted by Crippen LogP contribution is 2.30. The van der Waals surface area contributed by atoms with Gasteiger partial charge in [0.1, 0.15) is 0 Å². The van der Waals surface area contributed by atoms with E-state index in [-0.39, 0.29) is 24.4 Å². The molecule has 1 fully saturated rings. The molecule has 4 rings (SSSR count). The molecule has 1 saturated heterocycles. The number of hydrogen-bond donors (Lipinski definition) is 2. The fraction of sp³-hybridized carbons (Fsp3) is 0.250. The molecule has 1 aliphatic heterocycles. The number of halogens is 1. The molecule has 2 N–H and O–H groups in total. The number of carbonyl (C=O) groups is 3. The highest BCUT2D eigenvalue weighted by atomic mass is 35.5. The second-order valence-corrected chi connectivity index (χ2v) is 8.46. The second kappa shape index (κ2) is 9.07. The summed E-state index contributed by atoms with van der Waals surface area (Å²) in [4.78, 5) is 43.3. The quantitative estimate of drug-likeness (QED) is 0.597. The number of aromatic nitrogens is 1. The van der Waals surface area contributed by atoms with E-state index in [0.29, 0.717) is 40.6 Å². The highest BCUT2D eigenvalue weighted by molar-refractivity contribution is 6.35. The first-order valence-electron chi connectivity index (χ1n) is 10.5. The Morgan fingerprint density at radius 2 is 1.82 bits per heavy atom. The molecular formula is C24H23ClN4O4. The Bertz CT molecular complexity index is 1250. The van der Waals surface area contributed by atoms with Gasteiger partial charge in [0.25, 0.3) is 5.91 Å². The van der Waals surface area contributed by atoms with Gasteiger partial charge >= 0.3 is 6.09 Å². The first-order chi connectivity index (χ1) is 15.7. The van der Waals surface area contributed by atoms with E-state index in [1.54, 1.807) is 48.2 Å². The van der Waals surface area contributed by atoms with Crippen molar-refractivity contribution in [2.75, 3.05) is 25.0 Å². The molecule has 8 nitrogen and oxygen atoms in total. The Balaban J connectivity index is 1.61. The molecule has 0 aliphatic carbocycles. The van der Waals surface area contributed by atoms with E-state index in [4.69, 9.17) is 16.6 Å². The standard InChI is InChI=1S/C24H23ClN4O4/c1-14-13-28(9-10-29(14)24(32)33)23(31)17-5-8-19-20(25)12-21(27-22(19)11-17)16-3-6-18(7-4-16)26-15(2)30/h3-8,11-12,14H,9-10,13H2,1-2H3,(H,26,30)(H,32,33)/t14-/m1/s1. The predicted octanol–water partition coefficient (Wildman–Crippen LogP) is 4.34. The third-order valence-corrected chi connectivity index (χ3v) is 5.98. The Labute approximate surface area is 195 Å². The highest BCUT2D eigenvalue weighted by Gasteiger charge is 2.30. The molecule has 2 aromatic carbocycles. The number of carboxylic acid groups (broad SMARTS) is 1. The number of benzene rings is 2. The van der Waals surface area contributed by atoms with Crippen molar-refractivity contribution in [2.24, 2.45) is 0 Å². The van der Waals surface area contributed by atoms with Crippen LogP contribution in [0.1, 0.15) is 24.2 Å². The Kier molecular flexibility index (Phi) is 6.20. The molecule has 0 saturated carbocycles. The average Bonchev–Trinajstić information content (AvgIpc) is 2.78. The van der Waals surface area contributed by atoms with Gasteiger partial charge in [-0.1, -0.05) is 29.8 Å². The monoisotopic (exact) mass is 466 g/mol. The van der Waals surface area contributed by atoms with Gasteiger partial charge in [0.05, 0.1) is 16.2 Å². The Morgan fingerprint density at radius 3 is 2.45 bits per heavy atom. The van der Waals surface area contributed by atoms with Crippen LogP contribution in [0, 0.1) is 0 Å². The van der Waals surface area contributed by atoms with Crippen molar-refractivity contribution in [3.05, 3.63) is 59.1 Å². The Hall–Kier alpha value is -3.65. The normalized spacial score (nSPS) is 16.0. The molecule has 9 heteroatoms. The second-order valence-electron chi connectivity index (χ2n) is 8.06. The summed E-state index contributed by atoms with van der Waals surface area (Å²) in [6, 6.07) is 14.0. The van der Waals surface area contributed by atoms with Gasteiger partial charge < -0.3 is 20.2 Å². The van der Waals surface area contributed by atoms with Crippen molar-refractivity contribution in [2.45, 2.75) is 19.9 Å². The summed E-state index contributed by atoms with van der Waals surface area (Å²) >= 11 is 6.50. The maximum atomic E-state index is 13.1. The molecule has 0 bridgehead atoms. The topological polar surface area (TPSA) is 103 Å². The zero-order valence-corrected chi connectivity index (χ0v) is 19.0. The van der Waals surface area contributed by atoms with Gasteiger partial charge in [-0.3, -0.25) is 9.59 Å². The molecule has 1 aliphatic rings. The van der Waals surface area contributed by atoms with Gasteiger partial charge in [-0.25, -0.2) is 9.78 Å². The lowest BCUT2D eigenvalue weighted by molar-refractivity contribution is -0.114. The number of carbonyl (C=O) groups excluding carboxylic acids is 2. The third-order valence-electron chi connectivity index (χ3n) is 5.67. The van der Waals surface area contributed by atoms with Gasteiger partial charge in [0, 0.05) is 54.8 Å². The first-order valence-corrected chi connectivity index (χ1v) is 10.9. The molecule has 0 radical (unpaired) electrons. The lowest BCUT2D eigenvalue weighted by Crippen LogP contribution is -2.55. The molecule has 1 aromatic heterocycles. The maximum absolute atomic E-state index is 13.1. The summed E-state index contributed by atoms with van der Waals surface area (Å²) in [6.45, 7) is 4.18. The van der Waals surface area contributed by atoms with E-state index in [9.17, 15) is 19.5 Å². The molecule has 3 aromatic rings. The van der Waals surface area contributed by atoms with E-state index in [1.165, 1.54) is 11.8 Å². The minimum Gasteiger partial charge on any atom is -0.465 e. The van der Waals surface area contributed by atoms with Crippen molar-refractivity contribution in [3.8, 4) is 11.3 Å². The van der Waals surface area contributed by atoms with Crippen LogP contribution in [0.3, 0.4) is 0 Å². The minimum atomic E-state index is -0.975. The minimum absolute atomic E-state index is 0.148. The molecular weight excluding hydrogens is 444 g/mol. The van der Waals surface area contributed by atoms with Crippen LogP contribution in [0.25, 0.3) is 22.2 Å². The summed E-state index contributed by atoms with van der Waals surface area (Å²) in [5.41, 5.74) is 3.22. The molecule has 3 amide bonds.